The first-order valence-corrected chi connectivity index (χ1v) is 4.42. The van der Waals surface area contributed by atoms with Crippen LogP contribution in [-0.2, 0) is 0 Å². The lowest BCUT2D eigenvalue weighted by atomic mass is 10.1. The van der Waals surface area contributed by atoms with Gasteiger partial charge >= 0.3 is 0 Å². The molecule has 15 heavy (non-hydrogen) atoms. The first-order valence-electron chi connectivity index (χ1n) is 4.42. The average molecular weight is 205 g/mol. The van der Waals surface area contributed by atoms with E-state index in [4.69, 9.17) is 9.47 Å². The summed E-state index contributed by atoms with van der Waals surface area (Å²) < 4.78 is 10.3. The Morgan fingerprint density at radius 2 is 2.07 bits per heavy atom. The molecule has 2 heterocycles. The van der Waals surface area contributed by atoms with E-state index in [2.05, 4.69) is 15.2 Å². The number of ether oxygens (including phenoxy) is 2. The lowest BCUT2D eigenvalue weighted by Crippen LogP contribution is -1.92. The predicted molar refractivity (Wildman–Crippen MR) is 54.9 cm³/mol. The van der Waals surface area contributed by atoms with Gasteiger partial charge in [0.05, 0.1) is 26.6 Å². The van der Waals surface area contributed by atoms with Crippen molar-refractivity contribution in [1.29, 1.82) is 0 Å². The third-order valence-electron chi connectivity index (χ3n) is 2.08. The van der Waals surface area contributed by atoms with Gasteiger partial charge in [0.15, 0.2) is 0 Å². The Hall–Kier alpha value is -2.04. The van der Waals surface area contributed by atoms with Crippen LogP contribution in [-0.4, -0.2) is 29.4 Å². The molecule has 0 aromatic carbocycles. The number of nitrogens with one attached hydrogen (secondary N) is 1. The Bertz CT molecular complexity index is 440. The highest BCUT2D eigenvalue weighted by Gasteiger charge is 2.08. The van der Waals surface area contributed by atoms with Crippen molar-refractivity contribution in [2.24, 2.45) is 0 Å². The van der Waals surface area contributed by atoms with E-state index in [0.29, 0.717) is 11.6 Å². The topological polar surface area (TPSA) is 60.0 Å². The number of nitrogens with zero attached hydrogens (tertiary/aromatic N) is 2. The molecule has 0 aliphatic rings. The van der Waals surface area contributed by atoms with Crippen molar-refractivity contribution in [3.63, 3.8) is 0 Å². The molecule has 2 aromatic heterocycles. The second-order valence-corrected chi connectivity index (χ2v) is 2.91. The zero-order chi connectivity index (χ0) is 10.7. The maximum atomic E-state index is 5.21. The van der Waals surface area contributed by atoms with Crippen LogP contribution >= 0.6 is 0 Å². The van der Waals surface area contributed by atoms with Crippen molar-refractivity contribution < 1.29 is 9.47 Å². The van der Waals surface area contributed by atoms with Gasteiger partial charge in [-0.25, -0.2) is 4.98 Å². The Morgan fingerprint density at radius 3 is 2.67 bits per heavy atom. The molecule has 0 aliphatic heterocycles. The van der Waals surface area contributed by atoms with Gasteiger partial charge in [-0.2, -0.15) is 5.10 Å². The number of hydrogen-bond donors (Lipinski definition) is 1. The van der Waals surface area contributed by atoms with Crippen LogP contribution in [0.3, 0.4) is 0 Å². The number of aromatic nitrogens is 3. The lowest BCUT2D eigenvalue weighted by Gasteiger charge is -2.07. The Labute approximate surface area is 87.1 Å². The minimum absolute atomic E-state index is 0.548. The van der Waals surface area contributed by atoms with Crippen LogP contribution in [0.2, 0.25) is 0 Å². The molecule has 78 valence electrons. The minimum atomic E-state index is 0.548. The fourth-order valence-corrected chi connectivity index (χ4v) is 1.32. The van der Waals surface area contributed by atoms with Crippen molar-refractivity contribution >= 4 is 0 Å². The van der Waals surface area contributed by atoms with E-state index in [1.165, 1.54) is 0 Å². The van der Waals surface area contributed by atoms with Gasteiger partial charge in [-0.3, -0.25) is 5.10 Å². The van der Waals surface area contributed by atoms with Crippen LogP contribution in [0.15, 0.2) is 24.7 Å². The molecule has 0 saturated carbocycles. The molecule has 0 amide bonds. The van der Waals surface area contributed by atoms with Gasteiger partial charge < -0.3 is 9.47 Å². The van der Waals surface area contributed by atoms with E-state index in [0.717, 1.165) is 11.1 Å². The third-order valence-corrected chi connectivity index (χ3v) is 2.08. The lowest BCUT2D eigenvalue weighted by molar-refractivity contribution is 0.388. The third kappa shape index (κ3) is 1.76. The summed E-state index contributed by atoms with van der Waals surface area (Å²) in [5.41, 5.74) is 1.84. The monoisotopic (exact) mass is 205 g/mol. The second kappa shape index (κ2) is 4.00. The summed E-state index contributed by atoms with van der Waals surface area (Å²) in [5, 5.41) is 6.64. The van der Waals surface area contributed by atoms with Crippen molar-refractivity contribution in [2.45, 2.75) is 0 Å². The van der Waals surface area contributed by atoms with E-state index >= 15 is 0 Å². The number of hydrogen-bond acceptors (Lipinski definition) is 4. The normalized spacial score (nSPS) is 10.0. The highest BCUT2D eigenvalue weighted by molar-refractivity contribution is 5.69. The van der Waals surface area contributed by atoms with E-state index < -0.39 is 0 Å². The molecule has 0 atom stereocenters. The number of aromatic amines is 1. The summed E-state index contributed by atoms with van der Waals surface area (Å²) in [5.74, 6) is 1.24. The van der Waals surface area contributed by atoms with Crippen LogP contribution < -0.4 is 9.47 Å². The molecule has 0 bridgehead atoms. The minimum Gasteiger partial charge on any atom is -0.494 e. The molecular weight excluding hydrogens is 194 g/mol. The molecule has 0 spiro atoms. The van der Waals surface area contributed by atoms with Gasteiger partial charge in [0.25, 0.3) is 0 Å². The summed E-state index contributed by atoms with van der Waals surface area (Å²) in [6.07, 6.45) is 5.13. The highest BCUT2D eigenvalue weighted by Crippen LogP contribution is 2.30. The molecule has 0 radical (unpaired) electrons. The van der Waals surface area contributed by atoms with Crippen molar-refractivity contribution in [2.75, 3.05) is 14.2 Å². The van der Waals surface area contributed by atoms with Gasteiger partial charge in [-0.1, -0.05) is 0 Å². The number of H-pyrrole nitrogens is 1. The predicted octanol–water partition coefficient (Wildman–Crippen LogP) is 1.49. The SMILES string of the molecule is COc1cc(-c2cn[nH]c2)c(OC)cn1. The Morgan fingerprint density at radius 1 is 1.20 bits per heavy atom. The standard InChI is InChI=1S/C10H11N3O2/c1-14-9-6-11-10(15-2)3-8(9)7-4-12-13-5-7/h3-6H,1-2H3,(H,12,13). The average Bonchev–Trinajstić information content (AvgIpc) is 2.81. The largest absolute Gasteiger partial charge is 0.494 e. The summed E-state index contributed by atoms with van der Waals surface area (Å²) >= 11 is 0. The van der Waals surface area contributed by atoms with E-state index in [1.807, 2.05) is 6.07 Å². The number of pyridine rings is 1. The van der Waals surface area contributed by atoms with Gasteiger partial charge in [-0.15, -0.1) is 0 Å². The summed E-state index contributed by atoms with van der Waals surface area (Å²) in [6, 6.07) is 1.81. The molecule has 2 aromatic rings. The van der Waals surface area contributed by atoms with Crippen LogP contribution in [0.5, 0.6) is 11.6 Å². The van der Waals surface area contributed by atoms with Crippen LogP contribution in [0, 0.1) is 0 Å². The Kier molecular flexibility index (Phi) is 2.53. The molecule has 0 fully saturated rings. The van der Waals surface area contributed by atoms with Crippen molar-refractivity contribution in [3.05, 3.63) is 24.7 Å². The van der Waals surface area contributed by atoms with E-state index in [9.17, 15) is 0 Å². The van der Waals surface area contributed by atoms with Gasteiger partial charge in [-0.05, 0) is 0 Å². The quantitative estimate of drug-likeness (QED) is 0.824. The molecule has 0 aliphatic carbocycles. The number of methoxy groups -OCH3 is 2. The summed E-state index contributed by atoms with van der Waals surface area (Å²) in [4.78, 5) is 4.06. The molecule has 0 saturated heterocycles. The fraction of sp³-hybridized carbons (Fsp3) is 0.200. The molecular formula is C10H11N3O2. The van der Waals surface area contributed by atoms with Crippen molar-refractivity contribution in [3.8, 4) is 22.8 Å². The fourth-order valence-electron chi connectivity index (χ4n) is 1.32. The zero-order valence-corrected chi connectivity index (χ0v) is 8.52. The first-order chi connectivity index (χ1) is 7.35. The molecule has 2 rings (SSSR count). The molecule has 0 unspecified atom stereocenters. The van der Waals surface area contributed by atoms with Gasteiger partial charge in [0, 0.05) is 23.4 Å². The molecule has 5 heteroatoms. The first kappa shape index (κ1) is 9.51. The molecule has 5 nitrogen and oxygen atoms in total. The Balaban J connectivity index is 2.52. The van der Waals surface area contributed by atoms with Crippen molar-refractivity contribution in [1.82, 2.24) is 15.2 Å². The summed E-state index contributed by atoms with van der Waals surface area (Å²) in [6.45, 7) is 0. The number of rotatable bonds is 3. The van der Waals surface area contributed by atoms with Crippen LogP contribution in [0.1, 0.15) is 0 Å². The van der Waals surface area contributed by atoms with Gasteiger partial charge in [0.2, 0.25) is 5.88 Å². The smallest absolute Gasteiger partial charge is 0.213 e. The highest BCUT2D eigenvalue weighted by atomic mass is 16.5. The molecule has 1 N–H and O–H groups in total. The maximum absolute atomic E-state index is 5.21. The van der Waals surface area contributed by atoms with Crippen LogP contribution in [0.25, 0.3) is 11.1 Å². The van der Waals surface area contributed by atoms with Crippen LogP contribution in [0.4, 0.5) is 0 Å². The zero-order valence-electron chi connectivity index (χ0n) is 8.52. The summed E-state index contributed by atoms with van der Waals surface area (Å²) in [7, 11) is 3.18. The maximum Gasteiger partial charge on any atom is 0.213 e. The second-order valence-electron chi connectivity index (χ2n) is 2.91. The van der Waals surface area contributed by atoms with E-state index in [1.54, 1.807) is 32.8 Å². The van der Waals surface area contributed by atoms with E-state index in [-0.39, 0.29) is 0 Å². The van der Waals surface area contributed by atoms with Gasteiger partial charge in [0.1, 0.15) is 5.75 Å².